The Morgan fingerprint density at radius 1 is 1.23 bits per heavy atom. The summed E-state index contributed by atoms with van der Waals surface area (Å²) in [7, 11) is 1.88. The van der Waals surface area contributed by atoms with Crippen LogP contribution in [-0.2, 0) is 13.7 Å². The first-order chi connectivity index (χ1) is 10.6. The molecule has 0 saturated carbocycles. The fraction of sp³-hybridized carbons (Fsp3) is 0.176. The Hall–Kier alpha value is -2.33. The van der Waals surface area contributed by atoms with E-state index in [1.807, 2.05) is 50.5 Å². The SMILES string of the molecule is Cc1nc(Cl)cc(OCc2ccccc2)c1-c1cnn(C)c1. The zero-order chi connectivity index (χ0) is 15.5. The predicted octanol–water partition coefficient (Wildman–Crippen LogP) is 4.02. The maximum atomic E-state index is 6.08. The molecule has 1 aromatic carbocycles. The summed E-state index contributed by atoms with van der Waals surface area (Å²) in [5.74, 6) is 0.717. The Kier molecular flexibility index (Phi) is 4.11. The molecule has 0 spiro atoms. The molecule has 0 aliphatic rings. The molecule has 0 aliphatic carbocycles. The quantitative estimate of drug-likeness (QED) is 0.683. The second-order valence-electron chi connectivity index (χ2n) is 5.08. The number of aryl methyl sites for hydroxylation is 2. The van der Waals surface area contributed by atoms with E-state index >= 15 is 0 Å². The van der Waals surface area contributed by atoms with Gasteiger partial charge in [0, 0.05) is 30.4 Å². The van der Waals surface area contributed by atoms with Gasteiger partial charge in [0.25, 0.3) is 0 Å². The van der Waals surface area contributed by atoms with Crippen LogP contribution in [-0.4, -0.2) is 14.8 Å². The second-order valence-corrected chi connectivity index (χ2v) is 5.47. The van der Waals surface area contributed by atoms with E-state index in [2.05, 4.69) is 10.1 Å². The van der Waals surface area contributed by atoms with Gasteiger partial charge in [0.15, 0.2) is 0 Å². The molecule has 0 bridgehead atoms. The van der Waals surface area contributed by atoms with Gasteiger partial charge in [-0.1, -0.05) is 41.9 Å². The number of nitrogens with zero attached hydrogens (tertiary/aromatic N) is 3. The molecule has 0 aliphatic heterocycles. The van der Waals surface area contributed by atoms with Gasteiger partial charge in [0.2, 0.25) is 0 Å². The molecular formula is C17H16ClN3O. The maximum absolute atomic E-state index is 6.08. The molecule has 22 heavy (non-hydrogen) atoms. The van der Waals surface area contributed by atoms with Crippen molar-refractivity contribution < 1.29 is 4.74 Å². The largest absolute Gasteiger partial charge is 0.488 e. The summed E-state index contributed by atoms with van der Waals surface area (Å²) >= 11 is 6.08. The minimum atomic E-state index is 0.424. The van der Waals surface area contributed by atoms with Crippen molar-refractivity contribution in [3.8, 4) is 16.9 Å². The summed E-state index contributed by atoms with van der Waals surface area (Å²) in [4.78, 5) is 4.32. The average Bonchev–Trinajstić information content (AvgIpc) is 2.91. The van der Waals surface area contributed by atoms with E-state index in [4.69, 9.17) is 16.3 Å². The predicted molar refractivity (Wildman–Crippen MR) is 87.0 cm³/mol. The third-order valence-corrected chi connectivity index (χ3v) is 3.56. The van der Waals surface area contributed by atoms with E-state index < -0.39 is 0 Å². The van der Waals surface area contributed by atoms with Gasteiger partial charge in [-0.3, -0.25) is 4.68 Å². The van der Waals surface area contributed by atoms with Crippen LogP contribution in [0, 0.1) is 6.92 Å². The number of pyridine rings is 1. The molecule has 2 heterocycles. The van der Waals surface area contributed by atoms with Crippen LogP contribution < -0.4 is 4.74 Å². The minimum absolute atomic E-state index is 0.424. The van der Waals surface area contributed by atoms with Crippen molar-refractivity contribution in [3.05, 3.63) is 65.2 Å². The summed E-state index contributed by atoms with van der Waals surface area (Å²) in [5, 5.41) is 4.64. The van der Waals surface area contributed by atoms with E-state index in [9.17, 15) is 0 Å². The van der Waals surface area contributed by atoms with E-state index in [0.29, 0.717) is 17.5 Å². The zero-order valence-electron chi connectivity index (χ0n) is 12.5. The van der Waals surface area contributed by atoms with E-state index in [0.717, 1.165) is 22.4 Å². The highest BCUT2D eigenvalue weighted by molar-refractivity contribution is 6.29. The molecule has 2 aromatic heterocycles. The van der Waals surface area contributed by atoms with Gasteiger partial charge in [-0.25, -0.2) is 4.98 Å². The molecule has 0 fully saturated rings. The Bertz CT molecular complexity index is 784. The van der Waals surface area contributed by atoms with Gasteiger partial charge in [-0.15, -0.1) is 0 Å². The van der Waals surface area contributed by atoms with Gasteiger partial charge in [-0.05, 0) is 12.5 Å². The Morgan fingerprint density at radius 2 is 2.00 bits per heavy atom. The summed E-state index contributed by atoms with van der Waals surface area (Å²) in [6, 6.07) is 11.8. The number of halogens is 1. The van der Waals surface area contributed by atoms with Crippen molar-refractivity contribution in [2.75, 3.05) is 0 Å². The molecule has 3 rings (SSSR count). The lowest BCUT2D eigenvalue weighted by atomic mass is 10.1. The van der Waals surface area contributed by atoms with Crippen molar-refractivity contribution in [2.45, 2.75) is 13.5 Å². The van der Waals surface area contributed by atoms with Crippen LogP contribution in [0.5, 0.6) is 5.75 Å². The van der Waals surface area contributed by atoms with Crippen molar-refractivity contribution in [1.82, 2.24) is 14.8 Å². The number of ether oxygens (including phenoxy) is 1. The highest BCUT2D eigenvalue weighted by Crippen LogP contribution is 2.34. The molecule has 0 saturated heterocycles. The molecule has 0 unspecified atom stereocenters. The summed E-state index contributed by atoms with van der Waals surface area (Å²) in [6.07, 6.45) is 3.74. The van der Waals surface area contributed by atoms with Gasteiger partial charge >= 0.3 is 0 Å². The van der Waals surface area contributed by atoms with Crippen LogP contribution in [0.4, 0.5) is 0 Å². The normalized spacial score (nSPS) is 10.7. The number of aromatic nitrogens is 3. The molecule has 0 atom stereocenters. The second kappa shape index (κ2) is 6.20. The summed E-state index contributed by atoms with van der Waals surface area (Å²) in [5.41, 5.74) is 3.81. The third-order valence-electron chi connectivity index (χ3n) is 3.36. The van der Waals surface area contributed by atoms with Crippen molar-refractivity contribution >= 4 is 11.6 Å². The van der Waals surface area contributed by atoms with E-state index in [-0.39, 0.29) is 0 Å². The van der Waals surface area contributed by atoms with Crippen LogP contribution >= 0.6 is 11.6 Å². The lowest BCUT2D eigenvalue weighted by molar-refractivity contribution is 0.307. The Labute approximate surface area is 134 Å². The minimum Gasteiger partial charge on any atom is -0.488 e. The lowest BCUT2D eigenvalue weighted by Crippen LogP contribution is -1.99. The molecule has 0 radical (unpaired) electrons. The summed E-state index contributed by atoms with van der Waals surface area (Å²) < 4.78 is 7.74. The Balaban J connectivity index is 1.95. The van der Waals surface area contributed by atoms with Crippen LogP contribution in [0.3, 0.4) is 0 Å². The van der Waals surface area contributed by atoms with Crippen molar-refractivity contribution in [1.29, 1.82) is 0 Å². The van der Waals surface area contributed by atoms with Crippen molar-refractivity contribution in [2.24, 2.45) is 7.05 Å². The highest BCUT2D eigenvalue weighted by Gasteiger charge is 2.14. The maximum Gasteiger partial charge on any atom is 0.133 e. The fourth-order valence-corrected chi connectivity index (χ4v) is 2.58. The van der Waals surface area contributed by atoms with Gasteiger partial charge < -0.3 is 4.74 Å². The Morgan fingerprint density at radius 3 is 2.68 bits per heavy atom. The molecule has 4 nitrogen and oxygen atoms in total. The van der Waals surface area contributed by atoms with Crippen LogP contribution in [0.15, 0.2) is 48.8 Å². The number of rotatable bonds is 4. The molecule has 5 heteroatoms. The monoisotopic (exact) mass is 313 g/mol. The number of hydrogen-bond donors (Lipinski definition) is 0. The third kappa shape index (κ3) is 3.12. The number of benzene rings is 1. The van der Waals surface area contributed by atoms with Gasteiger partial charge in [0.1, 0.15) is 17.5 Å². The smallest absolute Gasteiger partial charge is 0.133 e. The highest BCUT2D eigenvalue weighted by atomic mass is 35.5. The van der Waals surface area contributed by atoms with Gasteiger partial charge in [0.05, 0.1) is 11.9 Å². The first-order valence-electron chi connectivity index (χ1n) is 6.96. The molecule has 0 N–H and O–H groups in total. The van der Waals surface area contributed by atoms with Gasteiger partial charge in [-0.2, -0.15) is 5.10 Å². The first-order valence-corrected chi connectivity index (χ1v) is 7.34. The van der Waals surface area contributed by atoms with Crippen LogP contribution in [0.1, 0.15) is 11.3 Å². The van der Waals surface area contributed by atoms with Crippen LogP contribution in [0.25, 0.3) is 11.1 Å². The topological polar surface area (TPSA) is 39.9 Å². The summed E-state index contributed by atoms with van der Waals surface area (Å²) in [6.45, 7) is 2.40. The fourth-order valence-electron chi connectivity index (χ4n) is 2.36. The average molecular weight is 314 g/mol. The lowest BCUT2D eigenvalue weighted by Gasteiger charge is -2.13. The molecular weight excluding hydrogens is 298 g/mol. The van der Waals surface area contributed by atoms with E-state index in [1.165, 1.54) is 0 Å². The molecule has 3 aromatic rings. The van der Waals surface area contributed by atoms with E-state index in [1.54, 1.807) is 16.9 Å². The van der Waals surface area contributed by atoms with Crippen LogP contribution in [0.2, 0.25) is 5.15 Å². The first kappa shape index (κ1) is 14.6. The van der Waals surface area contributed by atoms with Crippen molar-refractivity contribution in [3.63, 3.8) is 0 Å². The standard InChI is InChI=1S/C17H16ClN3O/c1-12-17(14-9-19-21(2)10-14)15(8-16(18)20-12)22-11-13-6-4-3-5-7-13/h3-10H,11H2,1-2H3. The molecule has 0 amide bonds. The number of hydrogen-bond acceptors (Lipinski definition) is 3. The zero-order valence-corrected chi connectivity index (χ0v) is 13.2. The molecule has 112 valence electrons.